The summed E-state index contributed by atoms with van der Waals surface area (Å²) in [4.78, 5) is 0. The van der Waals surface area contributed by atoms with E-state index < -0.39 is 0 Å². The van der Waals surface area contributed by atoms with Gasteiger partial charge >= 0.3 is 0 Å². The van der Waals surface area contributed by atoms with Crippen molar-refractivity contribution in [2.45, 2.75) is 31.8 Å². The summed E-state index contributed by atoms with van der Waals surface area (Å²) >= 11 is 6.12. The van der Waals surface area contributed by atoms with Crippen molar-refractivity contribution in [3.05, 3.63) is 70.0 Å². The molecule has 0 bridgehead atoms. The van der Waals surface area contributed by atoms with E-state index in [1.165, 1.54) is 23.3 Å². The van der Waals surface area contributed by atoms with Crippen LogP contribution in [0.2, 0.25) is 5.02 Å². The fraction of sp³-hybridized carbons (Fsp3) is 0.294. The quantitative estimate of drug-likeness (QED) is 0.888. The molecule has 104 valence electrons. The zero-order valence-electron chi connectivity index (χ0n) is 11.4. The molecule has 0 saturated carbocycles. The largest absolute Gasteiger partial charge is 0.307 e. The number of rotatable bonds is 3. The van der Waals surface area contributed by atoms with Crippen LogP contribution in [0.3, 0.4) is 0 Å². The molecular weight excluding hydrogens is 273 g/mol. The Bertz CT molecular complexity index is 601. The van der Waals surface area contributed by atoms with Crippen LogP contribution in [0, 0.1) is 5.82 Å². The Morgan fingerprint density at radius 3 is 2.40 bits per heavy atom. The minimum Gasteiger partial charge on any atom is -0.307 e. The molecule has 1 atom stereocenters. The van der Waals surface area contributed by atoms with Gasteiger partial charge in [-0.05, 0) is 48.6 Å². The van der Waals surface area contributed by atoms with Crippen LogP contribution >= 0.6 is 11.6 Å². The van der Waals surface area contributed by atoms with E-state index in [0.29, 0.717) is 11.1 Å². The standard InChI is InChI=1S/C17H17ClFN/c1-11(16-7-6-14(19)10-17(16)18)20-15-8-12-4-2-3-5-13(12)9-15/h2-7,10-11,15,20H,8-9H2,1H3. The van der Waals surface area contributed by atoms with E-state index in [2.05, 4.69) is 36.5 Å². The third kappa shape index (κ3) is 2.72. The van der Waals surface area contributed by atoms with Gasteiger partial charge in [-0.15, -0.1) is 0 Å². The normalized spacial score (nSPS) is 16.1. The Kier molecular flexibility index (Phi) is 3.77. The maximum Gasteiger partial charge on any atom is 0.124 e. The summed E-state index contributed by atoms with van der Waals surface area (Å²) in [5, 5.41) is 4.08. The van der Waals surface area contributed by atoms with Crippen molar-refractivity contribution in [3.8, 4) is 0 Å². The van der Waals surface area contributed by atoms with Gasteiger partial charge in [0.2, 0.25) is 0 Å². The van der Waals surface area contributed by atoms with E-state index in [1.807, 2.05) is 0 Å². The van der Waals surface area contributed by atoms with Crippen molar-refractivity contribution >= 4 is 11.6 Å². The predicted molar refractivity (Wildman–Crippen MR) is 80.6 cm³/mol. The Morgan fingerprint density at radius 2 is 1.80 bits per heavy atom. The summed E-state index contributed by atoms with van der Waals surface area (Å²) in [5.74, 6) is -0.292. The lowest BCUT2D eigenvalue weighted by Gasteiger charge is -2.20. The zero-order valence-corrected chi connectivity index (χ0v) is 12.1. The Balaban J connectivity index is 1.70. The molecule has 3 rings (SSSR count). The number of halogens is 2. The molecule has 3 heteroatoms. The highest BCUT2D eigenvalue weighted by Crippen LogP contribution is 2.27. The highest BCUT2D eigenvalue weighted by atomic mass is 35.5. The Hall–Kier alpha value is -1.38. The molecule has 0 heterocycles. The second-order valence-electron chi connectivity index (χ2n) is 5.43. The average Bonchev–Trinajstić information content (AvgIpc) is 2.80. The molecule has 1 nitrogen and oxygen atoms in total. The van der Waals surface area contributed by atoms with Gasteiger partial charge < -0.3 is 5.32 Å². The van der Waals surface area contributed by atoms with Crippen LogP contribution in [0.1, 0.15) is 29.7 Å². The summed E-state index contributed by atoms with van der Waals surface area (Å²) in [7, 11) is 0. The lowest BCUT2D eigenvalue weighted by atomic mass is 10.1. The van der Waals surface area contributed by atoms with Gasteiger partial charge in [0.25, 0.3) is 0 Å². The molecule has 1 N–H and O–H groups in total. The van der Waals surface area contributed by atoms with E-state index in [4.69, 9.17) is 11.6 Å². The maximum atomic E-state index is 13.1. The van der Waals surface area contributed by atoms with Gasteiger partial charge in [-0.2, -0.15) is 0 Å². The molecule has 2 aromatic rings. The summed E-state index contributed by atoms with van der Waals surface area (Å²) in [5.41, 5.74) is 3.79. The smallest absolute Gasteiger partial charge is 0.124 e. The van der Waals surface area contributed by atoms with Gasteiger partial charge in [0, 0.05) is 17.1 Å². The molecule has 1 aliphatic rings. The highest BCUT2D eigenvalue weighted by Gasteiger charge is 2.23. The minimum atomic E-state index is -0.292. The first kappa shape index (κ1) is 13.6. The van der Waals surface area contributed by atoms with Crippen LogP contribution in [0.4, 0.5) is 4.39 Å². The van der Waals surface area contributed by atoms with Gasteiger partial charge in [-0.1, -0.05) is 41.9 Å². The molecular formula is C17H17ClFN. The van der Waals surface area contributed by atoms with Crippen LogP contribution in [0.25, 0.3) is 0 Å². The maximum absolute atomic E-state index is 13.1. The van der Waals surface area contributed by atoms with Crippen molar-refractivity contribution in [2.24, 2.45) is 0 Å². The monoisotopic (exact) mass is 289 g/mol. The van der Waals surface area contributed by atoms with Crippen molar-refractivity contribution in [2.75, 3.05) is 0 Å². The predicted octanol–water partition coefficient (Wildman–Crippen LogP) is 4.30. The van der Waals surface area contributed by atoms with Crippen LogP contribution < -0.4 is 5.32 Å². The van der Waals surface area contributed by atoms with Crippen molar-refractivity contribution < 1.29 is 4.39 Å². The number of nitrogens with one attached hydrogen (secondary N) is 1. The van der Waals surface area contributed by atoms with Crippen molar-refractivity contribution in [1.82, 2.24) is 5.32 Å². The molecule has 0 aliphatic heterocycles. The number of benzene rings is 2. The average molecular weight is 290 g/mol. The topological polar surface area (TPSA) is 12.0 Å². The Morgan fingerprint density at radius 1 is 1.15 bits per heavy atom. The zero-order chi connectivity index (χ0) is 14.1. The molecule has 20 heavy (non-hydrogen) atoms. The molecule has 2 aromatic carbocycles. The van der Waals surface area contributed by atoms with E-state index in [-0.39, 0.29) is 11.9 Å². The molecule has 0 saturated heterocycles. The minimum absolute atomic E-state index is 0.113. The second kappa shape index (κ2) is 5.55. The first-order valence-corrected chi connectivity index (χ1v) is 7.29. The first-order valence-electron chi connectivity index (χ1n) is 6.91. The van der Waals surface area contributed by atoms with Gasteiger partial charge in [0.1, 0.15) is 5.82 Å². The molecule has 1 aliphatic carbocycles. The van der Waals surface area contributed by atoms with Crippen LogP contribution in [0.15, 0.2) is 42.5 Å². The number of hydrogen-bond acceptors (Lipinski definition) is 1. The summed E-state index contributed by atoms with van der Waals surface area (Å²) in [6.45, 7) is 2.07. The van der Waals surface area contributed by atoms with Crippen LogP contribution in [-0.4, -0.2) is 6.04 Å². The van der Waals surface area contributed by atoms with Crippen LogP contribution in [0.5, 0.6) is 0 Å². The van der Waals surface area contributed by atoms with Gasteiger partial charge in [0.05, 0.1) is 0 Å². The summed E-state index contributed by atoms with van der Waals surface area (Å²) < 4.78 is 13.1. The number of hydrogen-bond donors (Lipinski definition) is 1. The van der Waals surface area contributed by atoms with E-state index in [0.717, 1.165) is 18.4 Å². The lowest BCUT2D eigenvalue weighted by Crippen LogP contribution is -2.32. The first-order chi connectivity index (χ1) is 9.63. The molecule has 0 radical (unpaired) electrons. The van der Waals surface area contributed by atoms with Crippen LogP contribution in [-0.2, 0) is 12.8 Å². The second-order valence-corrected chi connectivity index (χ2v) is 5.84. The third-order valence-corrected chi connectivity index (χ3v) is 4.29. The van der Waals surface area contributed by atoms with Crippen molar-refractivity contribution in [3.63, 3.8) is 0 Å². The van der Waals surface area contributed by atoms with Gasteiger partial charge in [-0.3, -0.25) is 0 Å². The van der Waals surface area contributed by atoms with E-state index >= 15 is 0 Å². The highest BCUT2D eigenvalue weighted by molar-refractivity contribution is 6.31. The fourth-order valence-electron chi connectivity index (χ4n) is 2.97. The molecule has 0 fully saturated rings. The van der Waals surface area contributed by atoms with Gasteiger partial charge in [0.15, 0.2) is 0 Å². The third-order valence-electron chi connectivity index (χ3n) is 3.97. The SMILES string of the molecule is CC(NC1Cc2ccccc2C1)c1ccc(F)cc1Cl. The molecule has 0 aromatic heterocycles. The Labute approximate surface area is 123 Å². The van der Waals surface area contributed by atoms with Crippen molar-refractivity contribution in [1.29, 1.82) is 0 Å². The lowest BCUT2D eigenvalue weighted by molar-refractivity contribution is 0.467. The summed E-state index contributed by atoms with van der Waals surface area (Å²) in [6, 6.07) is 13.7. The summed E-state index contributed by atoms with van der Waals surface area (Å²) in [6.07, 6.45) is 2.08. The molecule has 0 amide bonds. The molecule has 0 spiro atoms. The van der Waals surface area contributed by atoms with E-state index in [1.54, 1.807) is 6.07 Å². The number of fused-ring (bicyclic) bond motifs is 1. The van der Waals surface area contributed by atoms with E-state index in [9.17, 15) is 4.39 Å². The fourth-order valence-corrected chi connectivity index (χ4v) is 3.30. The molecule has 1 unspecified atom stereocenters. The van der Waals surface area contributed by atoms with Gasteiger partial charge in [-0.25, -0.2) is 4.39 Å².